The Morgan fingerprint density at radius 1 is 2.00 bits per heavy atom. The third kappa shape index (κ3) is 1.67. The molecule has 0 saturated heterocycles. The molecule has 0 aliphatic heterocycles. The number of hydrazine groups is 1. The molecule has 0 heterocycles. The van der Waals surface area contributed by atoms with E-state index in [2.05, 4.69) is 6.58 Å². The van der Waals surface area contributed by atoms with Gasteiger partial charge >= 0.3 is 0 Å². The lowest BCUT2D eigenvalue weighted by Gasteiger charge is -1.98. The summed E-state index contributed by atoms with van der Waals surface area (Å²) in [4.78, 5) is 9.18. The van der Waals surface area contributed by atoms with E-state index in [1.54, 1.807) is 0 Å². The van der Waals surface area contributed by atoms with Crippen LogP contribution in [0.3, 0.4) is 0 Å². The fraction of sp³-hybridized carbons (Fsp3) is 0.333. The molecule has 0 radical (unpaired) electrons. The van der Waals surface area contributed by atoms with Crippen LogP contribution < -0.4 is 11.3 Å². The SMILES string of the molecule is C=CC(NN)[N+](=O)[O-]. The van der Waals surface area contributed by atoms with E-state index >= 15 is 0 Å². The molecule has 5 nitrogen and oxygen atoms in total. The van der Waals surface area contributed by atoms with Gasteiger partial charge in [-0.3, -0.25) is 16.0 Å². The average Bonchev–Trinajstić information content (AvgIpc) is 1.69. The maximum atomic E-state index is 9.75. The lowest BCUT2D eigenvalue weighted by molar-refractivity contribution is -0.516. The average molecular weight is 117 g/mol. The maximum Gasteiger partial charge on any atom is 0.296 e. The lowest BCUT2D eigenvalue weighted by atomic mass is 10.5. The summed E-state index contributed by atoms with van der Waals surface area (Å²) in [5.74, 6) is 4.72. The second kappa shape index (κ2) is 3.11. The Morgan fingerprint density at radius 2 is 2.50 bits per heavy atom. The predicted molar refractivity (Wildman–Crippen MR) is 28.3 cm³/mol. The second-order valence-electron chi connectivity index (χ2n) is 1.13. The van der Waals surface area contributed by atoms with Crippen molar-refractivity contribution in [3.63, 3.8) is 0 Å². The summed E-state index contributed by atoms with van der Waals surface area (Å²) in [7, 11) is 0. The molecule has 0 aromatic rings. The zero-order valence-corrected chi connectivity index (χ0v) is 4.20. The van der Waals surface area contributed by atoms with E-state index in [-0.39, 0.29) is 0 Å². The van der Waals surface area contributed by atoms with Gasteiger partial charge in [-0.05, 0) is 6.08 Å². The van der Waals surface area contributed by atoms with Crippen molar-refractivity contribution in [2.75, 3.05) is 0 Å². The maximum absolute atomic E-state index is 9.75. The summed E-state index contributed by atoms with van der Waals surface area (Å²) in [6.45, 7) is 3.17. The second-order valence-corrected chi connectivity index (χ2v) is 1.13. The summed E-state index contributed by atoms with van der Waals surface area (Å²) in [5, 5.41) is 9.75. The summed E-state index contributed by atoms with van der Waals surface area (Å²) < 4.78 is 0. The van der Waals surface area contributed by atoms with Crippen LogP contribution in [-0.4, -0.2) is 11.1 Å². The summed E-state index contributed by atoms with van der Waals surface area (Å²) in [6, 6.07) is 0. The molecular weight excluding hydrogens is 110 g/mol. The molecule has 0 spiro atoms. The predicted octanol–water partition coefficient (Wildman–Crippen LogP) is -0.761. The molecule has 0 rings (SSSR count). The first-order chi connectivity index (χ1) is 3.72. The van der Waals surface area contributed by atoms with Crippen molar-refractivity contribution in [3.8, 4) is 0 Å². The highest BCUT2D eigenvalue weighted by Gasteiger charge is 2.09. The van der Waals surface area contributed by atoms with E-state index < -0.39 is 11.1 Å². The van der Waals surface area contributed by atoms with Crippen molar-refractivity contribution in [2.24, 2.45) is 5.84 Å². The van der Waals surface area contributed by atoms with Gasteiger partial charge in [-0.2, -0.15) is 5.43 Å². The summed E-state index contributed by atoms with van der Waals surface area (Å²) in [5.41, 5.74) is 1.93. The summed E-state index contributed by atoms with van der Waals surface area (Å²) in [6.07, 6.45) is 0.0787. The standard InChI is InChI=1S/C3H7N3O2/c1-2-3(5-4)6(7)8/h2-3,5H,1,4H2. The van der Waals surface area contributed by atoms with Crippen molar-refractivity contribution in [2.45, 2.75) is 6.17 Å². The van der Waals surface area contributed by atoms with Gasteiger partial charge in [0, 0.05) is 4.92 Å². The Morgan fingerprint density at radius 3 is 2.50 bits per heavy atom. The zero-order valence-electron chi connectivity index (χ0n) is 4.20. The van der Waals surface area contributed by atoms with E-state index in [0.29, 0.717) is 0 Å². The fourth-order valence-corrected chi connectivity index (χ4v) is 0.215. The molecule has 1 atom stereocenters. The highest BCUT2D eigenvalue weighted by atomic mass is 16.6. The van der Waals surface area contributed by atoms with Gasteiger partial charge in [0.15, 0.2) is 0 Å². The number of nitrogens with one attached hydrogen (secondary N) is 1. The van der Waals surface area contributed by atoms with Gasteiger partial charge in [-0.15, -0.1) is 0 Å². The molecule has 0 aromatic heterocycles. The van der Waals surface area contributed by atoms with Crippen LogP contribution in [0.15, 0.2) is 12.7 Å². The quantitative estimate of drug-likeness (QED) is 0.167. The molecule has 0 aliphatic carbocycles. The molecule has 46 valence electrons. The van der Waals surface area contributed by atoms with Crippen molar-refractivity contribution in [1.82, 2.24) is 5.43 Å². The van der Waals surface area contributed by atoms with Crippen molar-refractivity contribution in [3.05, 3.63) is 22.8 Å². The van der Waals surface area contributed by atoms with Gasteiger partial charge in [-0.1, -0.05) is 6.58 Å². The number of hydrogen-bond acceptors (Lipinski definition) is 4. The Kier molecular flexibility index (Phi) is 2.75. The minimum atomic E-state index is -1.03. The fourth-order valence-electron chi connectivity index (χ4n) is 0.215. The van der Waals surface area contributed by atoms with Gasteiger partial charge in [0.25, 0.3) is 6.17 Å². The van der Waals surface area contributed by atoms with Gasteiger partial charge in [0.05, 0.1) is 0 Å². The first kappa shape index (κ1) is 7.06. The largest absolute Gasteiger partial charge is 0.296 e. The van der Waals surface area contributed by atoms with Gasteiger partial charge in [0.2, 0.25) is 0 Å². The molecule has 5 heteroatoms. The van der Waals surface area contributed by atoms with Crippen LogP contribution >= 0.6 is 0 Å². The minimum absolute atomic E-state index is 0.576. The van der Waals surface area contributed by atoms with E-state index in [4.69, 9.17) is 5.84 Å². The van der Waals surface area contributed by atoms with E-state index in [1.165, 1.54) is 0 Å². The highest BCUT2D eigenvalue weighted by Crippen LogP contribution is 1.80. The van der Waals surface area contributed by atoms with Crippen LogP contribution in [0.5, 0.6) is 0 Å². The Bertz CT molecular complexity index is 103. The Balaban J connectivity index is 3.69. The zero-order chi connectivity index (χ0) is 6.57. The third-order valence-electron chi connectivity index (χ3n) is 0.621. The number of nitrogens with zero attached hydrogens (tertiary/aromatic N) is 1. The third-order valence-corrected chi connectivity index (χ3v) is 0.621. The molecule has 0 saturated carbocycles. The minimum Gasteiger partial charge on any atom is -0.266 e. The normalized spacial score (nSPS) is 12.6. The number of hydrogen-bond donors (Lipinski definition) is 2. The van der Waals surface area contributed by atoms with E-state index in [1.807, 2.05) is 5.43 Å². The van der Waals surface area contributed by atoms with Crippen LogP contribution in [0.4, 0.5) is 0 Å². The molecule has 1 unspecified atom stereocenters. The molecular formula is C3H7N3O2. The smallest absolute Gasteiger partial charge is 0.266 e. The molecule has 0 fully saturated rings. The van der Waals surface area contributed by atoms with Crippen LogP contribution in [0, 0.1) is 10.1 Å². The topological polar surface area (TPSA) is 81.2 Å². The van der Waals surface area contributed by atoms with Crippen LogP contribution in [-0.2, 0) is 0 Å². The van der Waals surface area contributed by atoms with E-state index in [9.17, 15) is 10.1 Å². The number of rotatable bonds is 3. The molecule has 0 aliphatic rings. The lowest BCUT2D eigenvalue weighted by Crippen LogP contribution is -2.39. The van der Waals surface area contributed by atoms with Crippen LogP contribution in [0.25, 0.3) is 0 Å². The first-order valence-corrected chi connectivity index (χ1v) is 1.94. The number of nitrogens with two attached hydrogens (primary N) is 1. The van der Waals surface area contributed by atoms with Gasteiger partial charge < -0.3 is 0 Å². The first-order valence-electron chi connectivity index (χ1n) is 1.94. The van der Waals surface area contributed by atoms with Crippen LogP contribution in [0.2, 0.25) is 0 Å². The molecule has 0 bridgehead atoms. The highest BCUT2D eigenvalue weighted by molar-refractivity contribution is 4.73. The molecule has 0 aromatic carbocycles. The molecule has 3 N–H and O–H groups in total. The van der Waals surface area contributed by atoms with Gasteiger partial charge in [-0.25, -0.2) is 0 Å². The molecule has 8 heavy (non-hydrogen) atoms. The van der Waals surface area contributed by atoms with Gasteiger partial charge in [0.1, 0.15) is 0 Å². The molecule has 0 amide bonds. The monoisotopic (exact) mass is 117 g/mol. The van der Waals surface area contributed by atoms with Crippen molar-refractivity contribution >= 4 is 0 Å². The van der Waals surface area contributed by atoms with Crippen LogP contribution in [0.1, 0.15) is 0 Å². The van der Waals surface area contributed by atoms with E-state index in [0.717, 1.165) is 6.08 Å². The number of nitro groups is 1. The Labute approximate surface area is 46.3 Å². The van der Waals surface area contributed by atoms with Crippen molar-refractivity contribution in [1.29, 1.82) is 0 Å². The van der Waals surface area contributed by atoms with Crippen molar-refractivity contribution < 1.29 is 4.92 Å². The summed E-state index contributed by atoms with van der Waals surface area (Å²) >= 11 is 0. The Hall–Kier alpha value is -0.940.